The fraction of sp³-hybridized carbons (Fsp3) is 0.471. The first kappa shape index (κ1) is 18.7. The van der Waals surface area contributed by atoms with Crippen LogP contribution >= 0.6 is 0 Å². The molecule has 1 aromatic carbocycles. The maximum Gasteiger partial charge on any atom is 0.238 e. The van der Waals surface area contributed by atoms with Crippen LogP contribution < -0.4 is 10.6 Å². The Morgan fingerprint density at radius 3 is 2.17 bits per heavy atom. The van der Waals surface area contributed by atoms with Crippen molar-refractivity contribution in [1.29, 1.82) is 5.26 Å². The second-order valence-electron chi connectivity index (χ2n) is 6.34. The van der Waals surface area contributed by atoms with E-state index < -0.39 is 0 Å². The third kappa shape index (κ3) is 7.43. The highest BCUT2D eigenvalue weighted by molar-refractivity contribution is 5.92. The molecule has 1 rings (SSSR count). The van der Waals surface area contributed by atoms with Gasteiger partial charge in [-0.1, -0.05) is 6.92 Å². The molecule has 0 aliphatic heterocycles. The molecule has 0 radical (unpaired) electrons. The van der Waals surface area contributed by atoms with Gasteiger partial charge in [0.15, 0.2) is 0 Å². The van der Waals surface area contributed by atoms with E-state index >= 15 is 0 Å². The zero-order chi connectivity index (χ0) is 17.5. The molecule has 6 heteroatoms. The summed E-state index contributed by atoms with van der Waals surface area (Å²) in [6, 6.07) is 8.67. The van der Waals surface area contributed by atoms with Crippen molar-refractivity contribution in [2.24, 2.45) is 0 Å². The zero-order valence-corrected chi connectivity index (χ0v) is 14.1. The summed E-state index contributed by atoms with van der Waals surface area (Å²) in [4.78, 5) is 25.7. The number of nitriles is 1. The zero-order valence-electron chi connectivity index (χ0n) is 14.1. The Hall–Kier alpha value is -2.39. The highest BCUT2D eigenvalue weighted by atomic mass is 16.2. The van der Waals surface area contributed by atoms with Gasteiger partial charge in [0.1, 0.15) is 0 Å². The van der Waals surface area contributed by atoms with E-state index in [0.29, 0.717) is 17.8 Å². The average molecular weight is 316 g/mol. The van der Waals surface area contributed by atoms with Gasteiger partial charge in [-0.2, -0.15) is 5.26 Å². The Balaban J connectivity index is 2.52. The minimum absolute atomic E-state index is 0.106. The van der Waals surface area contributed by atoms with E-state index in [0.717, 1.165) is 0 Å². The van der Waals surface area contributed by atoms with E-state index in [4.69, 9.17) is 5.26 Å². The summed E-state index contributed by atoms with van der Waals surface area (Å²) in [6.07, 6.45) is 0. The molecule has 0 heterocycles. The van der Waals surface area contributed by atoms with Crippen molar-refractivity contribution in [1.82, 2.24) is 10.2 Å². The van der Waals surface area contributed by atoms with Crippen LogP contribution in [0.15, 0.2) is 24.3 Å². The number of nitrogens with zero attached hydrogens (tertiary/aromatic N) is 2. The van der Waals surface area contributed by atoms with E-state index in [-0.39, 0.29) is 30.4 Å². The number of nitrogens with one attached hydrogen (secondary N) is 2. The van der Waals surface area contributed by atoms with Crippen LogP contribution in [0.4, 0.5) is 5.69 Å². The summed E-state index contributed by atoms with van der Waals surface area (Å²) in [5.74, 6) is -0.300. The average Bonchev–Trinajstić information content (AvgIpc) is 2.45. The summed E-state index contributed by atoms with van der Waals surface area (Å²) in [5.41, 5.74) is 0.877. The van der Waals surface area contributed by atoms with Crippen LogP contribution in [0.2, 0.25) is 0 Å². The highest BCUT2D eigenvalue weighted by Crippen LogP contribution is 2.08. The Labute approximate surface area is 137 Å². The molecule has 0 atom stereocenters. The Bertz CT molecular complexity index is 582. The van der Waals surface area contributed by atoms with Crippen molar-refractivity contribution in [2.75, 3.05) is 25.0 Å². The molecule has 0 saturated carbocycles. The molecule has 124 valence electrons. The van der Waals surface area contributed by atoms with Gasteiger partial charge >= 0.3 is 0 Å². The van der Waals surface area contributed by atoms with Crippen LogP contribution in [-0.4, -0.2) is 41.9 Å². The number of rotatable bonds is 6. The van der Waals surface area contributed by atoms with E-state index in [1.165, 1.54) is 0 Å². The molecule has 6 nitrogen and oxygen atoms in total. The maximum atomic E-state index is 12.1. The van der Waals surface area contributed by atoms with E-state index in [9.17, 15) is 9.59 Å². The molecule has 0 saturated heterocycles. The SMILES string of the molecule is CCN(CC(=O)Nc1ccc(C#N)cc1)CC(=O)NC(C)(C)C. The quantitative estimate of drug-likeness (QED) is 0.837. The third-order valence-corrected chi connectivity index (χ3v) is 2.99. The van der Waals surface area contributed by atoms with Gasteiger partial charge in [-0.25, -0.2) is 0 Å². The van der Waals surface area contributed by atoms with Crippen molar-refractivity contribution in [3.05, 3.63) is 29.8 Å². The molecule has 0 unspecified atom stereocenters. The van der Waals surface area contributed by atoms with Gasteiger partial charge in [0.2, 0.25) is 11.8 Å². The highest BCUT2D eigenvalue weighted by Gasteiger charge is 2.17. The molecule has 0 bridgehead atoms. The molecule has 0 aliphatic carbocycles. The van der Waals surface area contributed by atoms with Crippen LogP contribution in [0, 0.1) is 11.3 Å². The minimum Gasteiger partial charge on any atom is -0.350 e. The second kappa shape index (κ2) is 8.30. The Morgan fingerprint density at radius 1 is 1.13 bits per heavy atom. The third-order valence-electron chi connectivity index (χ3n) is 2.99. The lowest BCUT2D eigenvalue weighted by molar-refractivity contribution is -0.124. The van der Waals surface area contributed by atoms with Crippen LogP contribution in [0.25, 0.3) is 0 Å². The lowest BCUT2D eigenvalue weighted by Crippen LogP contribution is -2.47. The van der Waals surface area contributed by atoms with Gasteiger partial charge in [0, 0.05) is 11.2 Å². The summed E-state index contributed by atoms with van der Waals surface area (Å²) >= 11 is 0. The van der Waals surface area contributed by atoms with E-state index in [1.807, 2.05) is 33.8 Å². The van der Waals surface area contributed by atoms with Crippen LogP contribution in [0.5, 0.6) is 0 Å². The molecule has 23 heavy (non-hydrogen) atoms. The topological polar surface area (TPSA) is 85.2 Å². The minimum atomic E-state index is -0.290. The number of carbonyl (C=O) groups is 2. The van der Waals surface area contributed by atoms with Gasteiger partial charge in [0.05, 0.1) is 24.7 Å². The van der Waals surface area contributed by atoms with E-state index in [1.54, 1.807) is 29.2 Å². The Morgan fingerprint density at radius 2 is 1.70 bits per heavy atom. The molecule has 2 amide bonds. The lowest BCUT2D eigenvalue weighted by atomic mass is 10.1. The van der Waals surface area contributed by atoms with Gasteiger partial charge in [-0.15, -0.1) is 0 Å². The fourth-order valence-corrected chi connectivity index (χ4v) is 1.97. The summed E-state index contributed by atoms with van der Waals surface area (Å²) in [6.45, 7) is 8.55. The molecular formula is C17H24N4O2. The molecule has 0 spiro atoms. The summed E-state index contributed by atoms with van der Waals surface area (Å²) in [5, 5.41) is 14.4. The van der Waals surface area contributed by atoms with Gasteiger partial charge < -0.3 is 10.6 Å². The van der Waals surface area contributed by atoms with Crippen LogP contribution in [0.1, 0.15) is 33.3 Å². The van der Waals surface area contributed by atoms with E-state index in [2.05, 4.69) is 10.6 Å². The number of likely N-dealkylation sites (N-methyl/N-ethyl adjacent to an activating group) is 1. The lowest BCUT2D eigenvalue weighted by Gasteiger charge is -2.24. The largest absolute Gasteiger partial charge is 0.350 e. The summed E-state index contributed by atoms with van der Waals surface area (Å²) in [7, 11) is 0. The number of hydrogen-bond donors (Lipinski definition) is 2. The van der Waals surface area contributed by atoms with Gasteiger partial charge in [0.25, 0.3) is 0 Å². The second-order valence-corrected chi connectivity index (χ2v) is 6.34. The smallest absolute Gasteiger partial charge is 0.238 e. The van der Waals surface area contributed by atoms with Crippen molar-refractivity contribution in [2.45, 2.75) is 33.2 Å². The van der Waals surface area contributed by atoms with Crippen LogP contribution in [-0.2, 0) is 9.59 Å². The van der Waals surface area contributed by atoms with Crippen molar-refractivity contribution < 1.29 is 9.59 Å². The maximum absolute atomic E-state index is 12.1. The van der Waals surface area contributed by atoms with Crippen molar-refractivity contribution in [3.8, 4) is 6.07 Å². The predicted molar refractivity (Wildman–Crippen MR) is 89.8 cm³/mol. The van der Waals surface area contributed by atoms with Gasteiger partial charge in [-0.3, -0.25) is 14.5 Å². The number of benzene rings is 1. The van der Waals surface area contributed by atoms with Gasteiger partial charge in [-0.05, 0) is 51.6 Å². The predicted octanol–water partition coefficient (Wildman–Crippen LogP) is 1.73. The van der Waals surface area contributed by atoms with Crippen molar-refractivity contribution >= 4 is 17.5 Å². The molecule has 0 aliphatic rings. The number of amides is 2. The normalized spacial score (nSPS) is 11.0. The molecule has 0 fully saturated rings. The number of hydrogen-bond acceptors (Lipinski definition) is 4. The first-order chi connectivity index (χ1) is 10.7. The molecule has 1 aromatic rings. The fourth-order valence-electron chi connectivity index (χ4n) is 1.97. The standard InChI is InChI=1S/C17H24N4O2/c1-5-21(12-16(23)20-17(2,3)4)11-15(22)19-14-8-6-13(10-18)7-9-14/h6-9H,5,11-12H2,1-4H3,(H,19,22)(H,20,23). The van der Waals surface area contributed by atoms with Crippen molar-refractivity contribution in [3.63, 3.8) is 0 Å². The molecule has 0 aromatic heterocycles. The number of anilines is 1. The first-order valence-electron chi connectivity index (χ1n) is 7.57. The first-order valence-corrected chi connectivity index (χ1v) is 7.57. The Kier molecular flexibility index (Phi) is 6.73. The molecular weight excluding hydrogens is 292 g/mol. The summed E-state index contributed by atoms with van der Waals surface area (Å²) < 4.78 is 0. The van der Waals surface area contributed by atoms with Crippen LogP contribution in [0.3, 0.4) is 0 Å². The number of carbonyl (C=O) groups excluding carboxylic acids is 2. The monoisotopic (exact) mass is 316 g/mol. The molecule has 2 N–H and O–H groups in total.